The number of aliphatic hydroxyl groups excluding tert-OH is 1. The van der Waals surface area contributed by atoms with Gasteiger partial charge in [-0.3, -0.25) is 9.69 Å². The normalized spacial score (nSPS) is 20.5. The van der Waals surface area contributed by atoms with Crippen LogP contribution in [0.2, 0.25) is 0 Å². The Morgan fingerprint density at radius 3 is 2.93 bits per heavy atom. The van der Waals surface area contributed by atoms with Crippen molar-refractivity contribution >= 4 is 11.7 Å². The molecule has 2 aliphatic rings. The zero-order chi connectivity index (χ0) is 20.9. The fourth-order valence-corrected chi connectivity index (χ4v) is 4.21. The van der Waals surface area contributed by atoms with Crippen LogP contribution < -0.4 is 10.6 Å². The van der Waals surface area contributed by atoms with Gasteiger partial charge in [-0.25, -0.2) is 0 Å². The highest BCUT2D eigenvalue weighted by Crippen LogP contribution is 2.18. The number of fused-ring (bicyclic) bond motifs is 1. The zero-order valence-corrected chi connectivity index (χ0v) is 17.4. The van der Waals surface area contributed by atoms with Crippen molar-refractivity contribution in [3.8, 4) is 0 Å². The molecule has 0 aliphatic carbocycles. The molecule has 8 nitrogen and oxygen atoms in total. The Kier molecular flexibility index (Phi) is 6.56. The quantitative estimate of drug-likeness (QED) is 0.620. The SMILES string of the molecule is CN1CCC(Nc2cc(C(=O)NC[C@H](O)CN3CCc4ccccc4C3)cnn2)C1. The molecule has 1 aromatic heterocycles. The van der Waals surface area contributed by atoms with Crippen molar-refractivity contribution < 1.29 is 9.90 Å². The number of nitrogens with zero attached hydrogens (tertiary/aromatic N) is 4. The Labute approximate surface area is 177 Å². The highest BCUT2D eigenvalue weighted by atomic mass is 16.3. The van der Waals surface area contributed by atoms with Crippen LogP contribution in [0, 0.1) is 0 Å². The van der Waals surface area contributed by atoms with Crippen molar-refractivity contribution in [3.05, 3.63) is 53.2 Å². The lowest BCUT2D eigenvalue weighted by atomic mass is 10.00. The lowest BCUT2D eigenvalue weighted by Crippen LogP contribution is -2.42. The standard InChI is InChI=1S/C22H30N6O2/c1-27-8-7-19(14-27)25-21-10-18(11-24-26-21)22(30)23-12-20(29)15-28-9-6-16-4-2-3-5-17(16)13-28/h2-5,10-11,19-20,29H,6-9,12-15H2,1H3,(H,23,30)(H,25,26)/t19?,20-/m0/s1. The van der Waals surface area contributed by atoms with Crippen LogP contribution in [0.15, 0.2) is 36.5 Å². The van der Waals surface area contributed by atoms with Crippen molar-refractivity contribution in [2.24, 2.45) is 0 Å². The van der Waals surface area contributed by atoms with Crippen LogP contribution in [-0.4, -0.2) is 82.9 Å². The predicted molar refractivity (Wildman–Crippen MR) is 115 cm³/mol. The Morgan fingerprint density at radius 2 is 2.13 bits per heavy atom. The van der Waals surface area contributed by atoms with E-state index in [0.29, 0.717) is 24.0 Å². The lowest BCUT2D eigenvalue weighted by Gasteiger charge is -2.30. The molecule has 1 aromatic carbocycles. The first kappa shape index (κ1) is 20.7. The number of likely N-dealkylation sites (tertiary alicyclic amines) is 1. The van der Waals surface area contributed by atoms with Gasteiger partial charge in [-0.2, -0.15) is 5.10 Å². The highest BCUT2D eigenvalue weighted by molar-refractivity contribution is 5.94. The molecule has 4 rings (SSSR count). The van der Waals surface area contributed by atoms with Crippen molar-refractivity contribution in [2.75, 3.05) is 45.1 Å². The maximum absolute atomic E-state index is 12.5. The van der Waals surface area contributed by atoms with Crippen LogP contribution in [0.4, 0.5) is 5.82 Å². The van der Waals surface area contributed by atoms with E-state index in [9.17, 15) is 9.90 Å². The molecule has 0 bridgehead atoms. The minimum atomic E-state index is -0.624. The number of likely N-dealkylation sites (N-methyl/N-ethyl adjacent to an activating group) is 1. The van der Waals surface area contributed by atoms with Crippen molar-refractivity contribution in [1.82, 2.24) is 25.3 Å². The summed E-state index contributed by atoms with van der Waals surface area (Å²) in [6.45, 7) is 4.49. The fourth-order valence-electron chi connectivity index (χ4n) is 4.21. The molecule has 160 valence electrons. The minimum Gasteiger partial charge on any atom is -0.390 e. The zero-order valence-electron chi connectivity index (χ0n) is 17.4. The van der Waals surface area contributed by atoms with Gasteiger partial charge < -0.3 is 20.6 Å². The third-order valence-electron chi connectivity index (χ3n) is 5.84. The summed E-state index contributed by atoms with van der Waals surface area (Å²) in [6.07, 6.45) is 2.86. The number of aromatic nitrogens is 2. The summed E-state index contributed by atoms with van der Waals surface area (Å²) in [6, 6.07) is 10.5. The Balaban J connectivity index is 1.25. The maximum Gasteiger partial charge on any atom is 0.253 e. The second-order valence-corrected chi connectivity index (χ2v) is 8.34. The van der Waals surface area contributed by atoms with E-state index in [1.807, 2.05) is 0 Å². The monoisotopic (exact) mass is 410 g/mol. The smallest absolute Gasteiger partial charge is 0.253 e. The number of aliphatic hydroxyl groups is 1. The maximum atomic E-state index is 12.5. The summed E-state index contributed by atoms with van der Waals surface area (Å²) in [5.74, 6) is 0.356. The molecule has 1 unspecified atom stereocenters. The molecule has 1 amide bonds. The van der Waals surface area contributed by atoms with Crippen molar-refractivity contribution in [1.29, 1.82) is 0 Å². The molecule has 8 heteroatoms. The van der Waals surface area contributed by atoms with E-state index in [0.717, 1.165) is 39.0 Å². The second kappa shape index (κ2) is 9.51. The minimum absolute atomic E-state index is 0.204. The lowest BCUT2D eigenvalue weighted by molar-refractivity contribution is 0.0841. The van der Waals surface area contributed by atoms with Gasteiger partial charge in [-0.05, 0) is 43.6 Å². The number of β-amino-alcohol motifs (C(OH)–C–C–N with tert-alkyl or cyclic N) is 1. The van der Waals surface area contributed by atoms with Crippen molar-refractivity contribution in [3.63, 3.8) is 0 Å². The molecule has 2 aromatic rings. The van der Waals surface area contributed by atoms with E-state index >= 15 is 0 Å². The number of amides is 1. The predicted octanol–water partition coefficient (Wildman–Crippen LogP) is 0.742. The number of benzene rings is 1. The number of hydrogen-bond acceptors (Lipinski definition) is 7. The van der Waals surface area contributed by atoms with Crippen LogP contribution >= 0.6 is 0 Å². The average Bonchev–Trinajstić information content (AvgIpc) is 3.16. The molecule has 0 spiro atoms. The van der Waals surface area contributed by atoms with Gasteiger partial charge >= 0.3 is 0 Å². The van der Waals surface area contributed by atoms with Crippen LogP contribution in [0.1, 0.15) is 27.9 Å². The van der Waals surface area contributed by atoms with E-state index in [1.165, 1.54) is 17.3 Å². The van der Waals surface area contributed by atoms with Gasteiger partial charge in [0.25, 0.3) is 5.91 Å². The van der Waals surface area contributed by atoms with Crippen LogP contribution in [0.3, 0.4) is 0 Å². The summed E-state index contributed by atoms with van der Waals surface area (Å²) < 4.78 is 0. The molecular weight excluding hydrogens is 380 g/mol. The van der Waals surface area contributed by atoms with Gasteiger partial charge in [-0.15, -0.1) is 5.10 Å². The van der Waals surface area contributed by atoms with Crippen LogP contribution in [0.5, 0.6) is 0 Å². The summed E-state index contributed by atoms with van der Waals surface area (Å²) in [5, 5.41) is 24.6. The number of carbonyl (C=O) groups excluding carboxylic acids is 1. The Hall–Kier alpha value is -2.55. The topological polar surface area (TPSA) is 93.6 Å². The number of anilines is 1. The second-order valence-electron chi connectivity index (χ2n) is 8.34. The molecule has 30 heavy (non-hydrogen) atoms. The van der Waals surface area contributed by atoms with E-state index in [2.05, 4.69) is 61.9 Å². The molecule has 1 fully saturated rings. The van der Waals surface area contributed by atoms with Crippen LogP contribution in [0.25, 0.3) is 0 Å². The molecule has 0 radical (unpaired) electrons. The molecule has 0 saturated carbocycles. The average molecular weight is 411 g/mol. The molecule has 1 saturated heterocycles. The molecular formula is C22H30N6O2. The number of carbonyl (C=O) groups is 1. The van der Waals surface area contributed by atoms with Gasteiger partial charge in [0, 0.05) is 38.8 Å². The van der Waals surface area contributed by atoms with Crippen molar-refractivity contribution in [2.45, 2.75) is 31.5 Å². The number of hydrogen-bond donors (Lipinski definition) is 3. The number of rotatable bonds is 7. The molecule has 3 heterocycles. The van der Waals surface area contributed by atoms with E-state index in [1.54, 1.807) is 6.07 Å². The Morgan fingerprint density at radius 1 is 1.30 bits per heavy atom. The summed E-state index contributed by atoms with van der Waals surface area (Å²) >= 11 is 0. The largest absolute Gasteiger partial charge is 0.390 e. The first-order valence-corrected chi connectivity index (χ1v) is 10.6. The first-order chi connectivity index (χ1) is 14.6. The van der Waals surface area contributed by atoms with Gasteiger partial charge in [0.15, 0.2) is 0 Å². The highest BCUT2D eigenvalue weighted by Gasteiger charge is 2.21. The fraction of sp³-hybridized carbons (Fsp3) is 0.500. The van der Waals surface area contributed by atoms with Gasteiger partial charge in [-0.1, -0.05) is 24.3 Å². The summed E-state index contributed by atoms with van der Waals surface area (Å²) in [5.41, 5.74) is 3.14. The van der Waals surface area contributed by atoms with E-state index in [-0.39, 0.29) is 12.5 Å². The third-order valence-corrected chi connectivity index (χ3v) is 5.84. The van der Waals surface area contributed by atoms with Gasteiger partial charge in [0.2, 0.25) is 0 Å². The first-order valence-electron chi connectivity index (χ1n) is 10.6. The molecule has 2 atom stereocenters. The molecule has 3 N–H and O–H groups in total. The molecule has 2 aliphatic heterocycles. The number of nitrogens with one attached hydrogen (secondary N) is 2. The van der Waals surface area contributed by atoms with Gasteiger partial charge in [0.05, 0.1) is 17.9 Å². The summed E-state index contributed by atoms with van der Waals surface area (Å²) in [7, 11) is 2.09. The van der Waals surface area contributed by atoms with Crippen LogP contribution in [-0.2, 0) is 13.0 Å². The van der Waals surface area contributed by atoms with E-state index in [4.69, 9.17) is 0 Å². The Bertz CT molecular complexity index is 876. The summed E-state index contributed by atoms with van der Waals surface area (Å²) in [4.78, 5) is 17.0. The van der Waals surface area contributed by atoms with Gasteiger partial charge in [0.1, 0.15) is 5.82 Å². The van der Waals surface area contributed by atoms with E-state index < -0.39 is 6.10 Å². The third kappa shape index (κ3) is 5.33.